The van der Waals surface area contributed by atoms with Gasteiger partial charge in [0.05, 0.1) is 18.8 Å². The van der Waals surface area contributed by atoms with Crippen LogP contribution in [-0.2, 0) is 9.53 Å². The highest BCUT2D eigenvalue weighted by Gasteiger charge is 2.41. The van der Waals surface area contributed by atoms with Crippen molar-refractivity contribution in [3.05, 3.63) is 29.8 Å². The molecule has 2 aliphatic heterocycles. The molecular weight excluding hydrogens is 244 g/mol. The van der Waals surface area contributed by atoms with Crippen LogP contribution >= 0.6 is 0 Å². The zero-order valence-electron chi connectivity index (χ0n) is 10.8. The van der Waals surface area contributed by atoms with E-state index in [0.29, 0.717) is 24.4 Å². The molecule has 5 nitrogen and oxygen atoms in total. The van der Waals surface area contributed by atoms with Gasteiger partial charge in [-0.2, -0.15) is 0 Å². The van der Waals surface area contributed by atoms with Gasteiger partial charge in [-0.25, -0.2) is 0 Å². The van der Waals surface area contributed by atoms with E-state index in [4.69, 9.17) is 4.74 Å². The lowest BCUT2D eigenvalue weighted by molar-refractivity contribution is -0.114. The Kier molecular flexibility index (Phi) is 2.98. The summed E-state index contributed by atoms with van der Waals surface area (Å²) in [5.74, 6) is -0.124. The number of morpholine rings is 1. The maximum Gasteiger partial charge on any atom is 0.254 e. The van der Waals surface area contributed by atoms with Gasteiger partial charge < -0.3 is 15.0 Å². The maximum absolute atomic E-state index is 12.4. The minimum Gasteiger partial charge on any atom is -0.374 e. The molecule has 2 amide bonds. The number of hydrogen-bond acceptors (Lipinski definition) is 3. The predicted molar refractivity (Wildman–Crippen MR) is 69.9 cm³/mol. The molecule has 2 fully saturated rings. The first-order valence-electron chi connectivity index (χ1n) is 6.44. The number of nitrogens with one attached hydrogen (secondary N) is 1. The van der Waals surface area contributed by atoms with Gasteiger partial charge in [-0.1, -0.05) is 6.07 Å². The molecule has 19 heavy (non-hydrogen) atoms. The van der Waals surface area contributed by atoms with E-state index in [1.807, 2.05) is 4.90 Å². The highest BCUT2D eigenvalue weighted by atomic mass is 16.5. The fourth-order valence-corrected chi connectivity index (χ4v) is 2.75. The van der Waals surface area contributed by atoms with Crippen LogP contribution < -0.4 is 5.32 Å². The van der Waals surface area contributed by atoms with E-state index in [1.165, 1.54) is 6.92 Å². The third-order valence-electron chi connectivity index (χ3n) is 3.59. The monoisotopic (exact) mass is 260 g/mol. The molecule has 1 aromatic carbocycles. The van der Waals surface area contributed by atoms with Gasteiger partial charge in [-0.05, 0) is 24.6 Å². The average molecular weight is 260 g/mol. The van der Waals surface area contributed by atoms with E-state index in [1.54, 1.807) is 24.3 Å². The second-order valence-corrected chi connectivity index (χ2v) is 5.06. The molecule has 0 radical (unpaired) electrons. The number of likely N-dealkylation sites (tertiary alicyclic amines) is 1. The Bertz CT molecular complexity index is 529. The lowest BCUT2D eigenvalue weighted by atomic mass is 10.1. The van der Waals surface area contributed by atoms with Crippen LogP contribution in [0.1, 0.15) is 23.7 Å². The zero-order valence-corrected chi connectivity index (χ0v) is 10.8. The number of carbonyl (C=O) groups is 2. The van der Waals surface area contributed by atoms with Gasteiger partial charge in [-0.15, -0.1) is 0 Å². The van der Waals surface area contributed by atoms with Crippen LogP contribution in [0.25, 0.3) is 0 Å². The number of hydrogen-bond donors (Lipinski definition) is 1. The summed E-state index contributed by atoms with van der Waals surface area (Å²) in [5, 5.41) is 2.69. The number of carbonyl (C=O) groups excluding carboxylic acids is 2. The van der Waals surface area contributed by atoms with Crippen LogP contribution in [-0.4, -0.2) is 42.0 Å². The lowest BCUT2D eigenvalue weighted by Crippen LogP contribution is -2.41. The first-order valence-corrected chi connectivity index (χ1v) is 6.44. The molecule has 0 saturated carbocycles. The molecule has 2 heterocycles. The maximum atomic E-state index is 12.4. The number of nitrogens with zero attached hydrogens (tertiary/aromatic N) is 1. The molecule has 2 bridgehead atoms. The Morgan fingerprint density at radius 3 is 2.89 bits per heavy atom. The first kappa shape index (κ1) is 12.2. The number of anilines is 1. The first-order chi connectivity index (χ1) is 9.13. The zero-order chi connectivity index (χ0) is 13.4. The van der Waals surface area contributed by atoms with Crippen molar-refractivity contribution in [1.29, 1.82) is 0 Å². The van der Waals surface area contributed by atoms with Gasteiger partial charge in [0, 0.05) is 24.7 Å². The predicted octanol–water partition coefficient (Wildman–Crippen LogP) is 1.26. The molecule has 5 heteroatoms. The Morgan fingerprint density at radius 2 is 2.26 bits per heavy atom. The van der Waals surface area contributed by atoms with Gasteiger partial charge >= 0.3 is 0 Å². The number of ether oxygens (including phenoxy) is 1. The summed E-state index contributed by atoms with van der Waals surface area (Å²) in [4.78, 5) is 25.3. The van der Waals surface area contributed by atoms with Crippen molar-refractivity contribution in [3.63, 3.8) is 0 Å². The highest BCUT2D eigenvalue weighted by Crippen LogP contribution is 2.29. The van der Waals surface area contributed by atoms with Crippen LogP contribution in [0.5, 0.6) is 0 Å². The minimum atomic E-state index is -0.141. The molecule has 2 aliphatic rings. The summed E-state index contributed by atoms with van der Waals surface area (Å²) in [5.41, 5.74) is 1.26. The summed E-state index contributed by atoms with van der Waals surface area (Å²) >= 11 is 0. The molecule has 2 saturated heterocycles. The average Bonchev–Trinajstić information content (AvgIpc) is 2.99. The van der Waals surface area contributed by atoms with E-state index < -0.39 is 0 Å². The van der Waals surface area contributed by atoms with Gasteiger partial charge in [-0.3, -0.25) is 9.59 Å². The van der Waals surface area contributed by atoms with Crippen molar-refractivity contribution >= 4 is 17.5 Å². The number of fused-ring (bicyclic) bond motifs is 2. The number of amides is 2. The molecule has 2 unspecified atom stereocenters. The topological polar surface area (TPSA) is 58.6 Å². The summed E-state index contributed by atoms with van der Waals surface area (Å²) < 4.78 is 5.49. The van der Waals surface area contributed by atoms with Crippen LogP contribution in [0.15, 0.2) is 24.3 Å². The third-order valence-corrected chi connectivity index (χ3v) is 3.59. The van der Waals surface area contributed by atoms with Crippen molar-refractivity contribution in [1.82, 2.24) is 4.90 Å². The Labute approximate surface area is 111 Å². The largest absolute Gasteiger partial charge is 0.374 e. The Balaban J connectivity index is 1.78. The van der Waals surface area contributed by atoms with E-state index >= 15 is 0 Å². The Hall–Kier alpha value is -1.88. The quantitative estimate of drug-likeness (QED) is 0.871. The standard InChI is InChI=1S/C14H16N2O3/c1-9(17)15-11-4-2-3-10(5-11)14(18)16-7-13-6-12(16)8-19-13/h2-5,12-13H,6-8H2,1H3,(H,15,17). The third kappa shape index (κ3) is 2.33. The molecule has 2 atom stereocenters. The normalized spacial score (nSPS) is 24.6. The smallest absolute Gasteiger partial charge is 0.254 e. The van der Waals surface area contributed by atoms with E-state index in [9.17, 15) is 9.59 Å². The van der Waals surface area contributed by atoms with Crippen LogP contribution in [0, 0.1) is 0 Å². The minimum absolute atomic E-state index is 0.0167. The fourth-order valence-electron chi connectivity index (χ4n) is 2.75. The van der Waals surface area contributed by atoms with Gasteiger partial charge in [0.1, 0.15) is 0 Å². The van der Waals surface area contributed by atoms with Crippen LogP contribution in [0.2, 0.25) is 0 Å². The SMILES string of the molecule is CC(=O)Nc1cccc(C(=O)N2CC3CC2CO3)c1. The summed E-state index contributed by atoms with van der Waals surface area (Å²) in [6.45, 7) is 2.76. The summed E-state index contributed by atoms with van der Waals surface area (Å²) in [7, 11) is 0. The van der Waals surface area contributed by atoms with Crippen LogP contribution in [0.3, 0.4) is 0 Å². The van der Waals surface area contributed by atoms with E-state index in [2.05, 4.69) is 5.32 Å². The summed E-state index contributed by atoms with van der Waals surface area (Å²) in [6, 6.07) is 7.26. The van der Waals surface area contributed by atoms with Crippen molar-refractivity contribution in [3.8, 4) is 0 Å². The molecule has 1 N–H and O–H groups in total. The highest BCUT2D eigenvalue weighted by molar-refractivity contribution is 5.97. The van der Waals surface area contributed by atoms with Crippen molar-refractivity contribution in [2.45, 2.75) is 25.5 Å². The molecule has 1 aromatic rings. The second kappa shape index (κ2) is 4.66. The molecule has 100 valence electrons. The number of benzene rings is 1. The fraction of sp³-hybridized carbons (Fsp3) is 0.429. The molecule has 0 spiro atoms. The number of rotatable bonds is 2. The molecule has 0 aromatic heterocycles. The van der Waals surface area contributed by atoms with Gasteiger partial charge in [0.2, 0.25) is 5.91 Å². The van der Waals surface area contributed by atoms with Crippen molar-refractivity contribution in [2.75, 3.05) is 18.5 Å². The van der Waals surface area contributed by atoms with Crippen molar-refractivity contribution < 1.29 is 14.3 Å². The molecule has 0 aliphatic carbocycles. The molecular formula is C14H16N2O3. The lowest BCUT2D eigenvalue weighted by Gasteiger charge is -2.27. The summed E-state index contributed by atoms with van der Waals surface area (Å²) in [6.07, 6.45) is 1.14. The second-order valence-electron chi connectivity index (χ2n) is 5.06. The Morgan fingerprint density at radius 1 is 1.42 bits per heavy atom. The van der Waals surface area contributed by atoms with Gasteiger partial charge in [0.15, 0.2) is 0 Å². The van der Waals surface area contributed by atoms with Crippen molar-refractivity contribution in [2.24, 2.45) is 0 Å². The van der Waals surface area contributed by atoms with Crippen LogP contribution in [0.4, 0.5) is 5.69 Å². The van der Waals surface area contributed by atoms with E-state index in [0.717, 1.165) is 6.42 Å². The molecule has 3 rings (SSSR count). The van der Waals surface area contributed by atoms with E-state index in [-0.39, 0.29) is 24.0 Å². The van der Waals surface area contributed by atoms with Gasteiger partial charge in [0.25, 0.3) is 5.91 Å².